The van der Waals surface area contributed by atoms with Gasteiger partial charge in [0, 0.05) is 25.2 Å². The van der Waals surface area contributed by atoms with Crippen LogP contribution in [0.3, 0.4) is 0 Å². The van der Waals surface area contributed by atoms with E-state index in [4.69, 9.17) is 0 Å². The number of benzene rings is 2. The van der Waals surface area contributed by atoms with Crippen molar-refractivity contribution < 1.29 is 4.79 Å². The first-order valence-corrected chi connectivity index (χ1v) is 7.97. The van der Waals surface area contributed by atoms with E-state index in [0.717, 1.165) is 18.7 Å². The van der Waals surface area contributed by atoms with Crippen molar-refractivity contribution >= 4 is 30.7 Å². The Morgan fingerprint density at radius 2 is 1.76 bits per heavy atom. The van der Waals surface area contributed by atoms with Crippen LogP contribution in [0.4, 0.5) is 0 Å². The molecule has 4 nitrogen and oxygen atoms in total. The molecule has 0 bridgehead atoms. The Labute approximate surface area is 161 Å². The molecule has 0 aliphatic carbocycles. The maximum Gasteiger partial charge on any atom is 0.251 e. The third-order valence-electron chi connectivity index (χ3n) is 4.36. The topological polar surface area (TPSA) is 44.4 Å². The van der Waals surface area contributed by atoms with Gasteiger partial charge in [-0.2, -0.15) is 0 Å². The summed E-state index contributed by atoms with van der Waals surface area (Å²) < 4.78 is 0. The summed E-state index contributed by atoms with van der Waals surface area (Å²) in [4.78, 5) is 14.6. The lowest BCUT2D eigenvalue weighted by atomic mass is 10.0. The fourth-order valence-electron chi connectivity index (χ4n) is 3.00. The predicted molar refractivity (Wildman–Crippen MR) is 107 cm³/mol. The van der Waals surface area contributed by atoms with E-state index in [1.54, 1.807) is 0 Å². The highest BCUT2D eigenvalue weighted by Gasteiger charge is 2.17. The van der Waals surface area contributed by atoms with Gasteiger partial charge in [0.2, 0.25) is 0 Å². The van der Waals surface area contributed by atoms with Gasteiger partial charge in [0.1, 0.15) is 0 Å². The molecule has 1 amide bonds. The summed E-state index contributed by atoms with van der Waals surface area (Å²) in [6, 6.07) is 16.4. The second-order valence-electron chi connectivity index (χ2n) is 6.19. The van der Waals surface area contributed by atoms with E-state index in [0.29, 0.717) is 6.54 Å². The van der Waals surface area contributed by atoms with Crippen molar-refractivity contribution in [3.63, 3.8) is 0 Å². The van der Waals surface area contributed by atoms with Gasteiger partial charge >= 0.3 is 0 Å². The van der Waals surface area contributed by atoms with E-state index in [2.05, 4.69) is 27.7 Å². The van der Waals surface area contributed by atoms with Crippen LogP contribution in [0.2, 0.25) is 0 Å². The second-order valence-corrected chi connectivity index (χ2v) is 6.19. The molecule has 1 aliphatic rings. The maximum absolute atomic E-state index is 12.5. The Kier molecular flexibility index (Phi) is 8.39. The zero-order valence-electron chi connectivity index (χ0n) is 14.5. The molecule has 2 N–H and O–H groups in total. The number of nitrogens with zero attached hydrogens (tertiary/aromatic N) is 1. The summed E-state index contributed by atoms with van der Waals surface area (Å²) >= 11 is 0. The van der Waals surface area contributed by atoms with Crippen molar-refractivity contribution in [3.8, 4) is 0 Å². The number of nitrogens with one attached hydrogen (secondary N) is 2. The Morgan fingerprint density at radius 3 is 2.44 bits per heavy atom. The smallest absolute Gasteiger partial charge is 0.251 e. The summed E-state index contributed by atoms with van der Waals surface area (Å²) in [5.41, 5.74) is 4.45. The molecule has 3 rings (SSSR count). The van der Waals surface area contributed by atoms with Gasteiger partial charge in [0.15, 0.2) is 0 Å². The van der Waals surface area contributed by atoms with Crippen LogP contribution in [0, 0.1) is 0 Å². The minimum absolute atomic E-state index is 0. The molecule has 1 aliphatic heterocycles. The summed E-state index contributed by atoms with van der Waals surface area (Å²) in [6.45, 7) is 2.33. The average Bonchev–Trinajstić information content (AvgIpc) is 3.03. The number of carbonyl (C=O) groups is 1. The lowest BCUT2D eigenvalue weighted by molar-refractivity contribution is 0.0942. The first-order chi connectivity index (χ1) is 11.1. The molecule has 6 heteroatoms. The van der Waals surface area contributed by atoms with Gasteiger partial charge in [-0.05, 0) is 42.9 Å². The molecule has 0 fully saturated rings. The summed E-state index contributed by atoms with van der Waals surface area (Å²) in [6.07, 6.45) is 0. The molecule has 136 valence electrons. The van der Waals surface area contributed by atoms with Crippen molar-refractivity contribution in [3.05, 3.63) is 70.8 Å². The zero-order chi connectivity index (χ0) is 16.2. The van der Waals surface area contributed by atoms with Crippen LogP contribution in [-0.4, -0.2) is 31.4 Å². The van der Waals surface area contributed by atoms with Gasteiger partial charge in [-0.3, -0.25) is 4.79 Å². The highest BCUT2D eigenvalue weighted by Crippen LogP contribution is 2.19. The van der Waals surface area contributed by atoms with Gasteiger partial charge in [-0.1, -0.05) is 36.4 Å². The van der Waals surface area contributed by atoms with Crippen LogP contribution < -0.4 is 10.6 Å². The SMILES string of the molecule is CN(C)C(CNC(=O)c1ccc2c(c1)CNC2)c1ccccc1.Cl.Cl. The van der Waals surface area contributed by atoms with E-state index >= 15 is 0 Å². The number of likely N-dealkylation sites (N-methyl/N-ethyl adjacent to an activating group) is 1. The lowest BCUT2D eigenvalue weighted by Gasteiger charge is -2.25. The van der Waals surface area contributed by atoms with Gasteiger partial charge in [-0.15, -0.1) is 24.8 Å². The van der Waals surface area contributed by atoms with E-state index in [1.807, 2.05) is 50.5 Å². The van der Waals surface area contributed by atoms with E-state index in [1.165, 1.54) is 16.7 Å². The number of halogens is 2. The van der Waals surface area contributed by atoms with Crippen molar-refractivity contribution in [2.75, 3.05) is 20.6 Å². The number of carbonyl (C=O) groups excluding carboxylic acids is 1. The molecular formula is C19H25Cl2N3O. The van der Waals surface area contributed by atoms with Crippen molar-refractivity contribution in [1.29, 1.82) is 0 Å². The molecule has 1 unspecified atom stereocenters. The van der Waals surface area contributed by atoms with Gasteiger partial charge in [0.25, 0.3) is 5.91 Å². The zero-order valence-corrected chi connectivity index (χ0v) is 16.1. The minimum Gasteiger partial charge on any atom is -0.350 e. The number of hydrogen-bond acceptors (Lipinski definition) is 3. The molecule has 25 heavy (non-hydrogen) atoms. The van der Waals surface area contributed by atoms with E-state index < -0.39 is 0 Å². The third kappa shape index (κ3) is 5.19. The number of amides is 1. The Morgan fingerprint density at radius 1 is 1.08 bits per heavy atom. The summed E-state index contributed by atoms with van der Waals surface area (Å²) in [5, 5.41) is 6.37. The van der Waals surface area contributed by atoms with E-state index in [9.17, 15) is 4.79 Å². The standard InChI is InChI=1S/C19H23N3O.2ClH/c1-22(2)18(14-6-4-3-5-7-14)13-21-19(23)15-8-9-16-11-20-12-17(16)10-15;;/h3-10,18,20H,11-13H2,1-2H3,(H,21,23);2*1H. The molecule has 2 aromatic carbocycles. The molecule has 1 heterocycles. The Balaban J connectivity index is 0.00000156. The lowest BCUT2D eigenvalue weighted by Crippen LogP contribution is -2.34. The minimum atomic E-state index is -0.0116. The normalized spacial score (nSPS) is 13.4. The van der Waals surface area contributed by atoms with Gasteiger partial charge in [-0.25, -0.2) is 0 Å². The predicted octanol–water partition coefficient (Wildman–Crippen LogP) is 3.17. The fourth-order valence-corrected chi connectivity index (χ4v) is 3.00. The van der Waals surface area contributed by atoms with Crippen molar-refractivity contribution in [1.82, 2.24) is 15.5 Å². The van der Waals surface area contributed by atoms with E-state index in [-0.39, 0.29) is 36.8 Å². The van der Waals surface area contributed by atoms with Crippen LogP contribution in [0.5, 0.6) is 0 Å². The number of fused-ring (bicyclic) bond motifs is 1. The maximum atomic E-state index is 12.5. The third-order valence-corrected chi connectivity index (χ3v) is 4.36. The molecular weight excluding hydrogens is 357 g/mol. The van der Waals surface area contributed by atoms with Crippen LogP contribution in [0.25, 0.3) is 0 Å². The fraction of sp³-hybridized carbons (Fsp3) is 0.316. The first-order valence-electron chi connectivity index (χ1n) is 7.97. The molecule has 0 saturated carbocycles. The molecule has 0 radical (unpaired) electrons. The van der Waals surface area contributed by atoms with Crippen molar-refractivity contribution in [2.24, 2.45) is 0 Å². The second kappa shape index (κ2) is 9.78. The highest BCUT2D eigenvalue weighted by molar-refractivity contribution is 5.94. The van der Waals surface area contributed by atoms with Crippen molar-refractivity contribution in [2.45, 2.75) is 19.1 Å². The van der Waals surface area contributed by atoms with Gasteiger partial charge < -0.3 is 15.5 Å². The largest absolute Gasteiger partial charge is 0.350 e. The monoisotopic (exact) mass is 381 g/mol. The van der Waals surface area contributed by atoms with Crippen LogP contribution in [0.15, 0.2) is 48.5 Å². The molecule has 0 spiro atoms. The molecule has 1 atom stereocenters. The first kappa shape index (κ1) is 21.5. The summed E-state index contributed by atoms with van der Waals surface area (Å²) in [7, 11) is 4.07. The molecule has 0 saturated heterocycles. The Hall–Kier alpha value is -1.59. The Bertz CT molecular complexity index is 692. The van der Waals surface area contributed by atoms with Crippen LogP contribution in [-0.2, 0) is 13.1 Å². The van der Waals surface area contributed by atoms with Gasteiger partial charge in [0.05, 0.1) is 6.04 Å². The number of hydrogen-bond donors (Lipinski definition) is 2. The van der Waals surface area contributed by atoms with Crippen LogP contribution >= 0.6 is 24.8 Å². The highest BCUT2D eigenvalue weighted by atomic mass is 35.5. The average molecular weight is 382 g/mol. The molecule has 2 aromatic rings. The molecule has 0 aromatic heterocycles. The summed E-state index contributed by atoms with van der Waals surface area (Å²) in [5.74, 6) is -0.0116. The number of rotatable bonds is 5. The quantitative estimate of drug-likeness (QED) is 0.835. The van der Waals surface area contributed by atoms with Crippen LogP contribution in [0.1, 0.15) is 33.1 Å².